The minimum atomic E-state index is 0.580. The number of imidazole rings is 1. The van der Waals surface area contributed by atoms with Crippen LogP contribution >= 0.6 is 0 Å². The van der Waals surface area contributed by atoms with Crippen molar-refractivity contribution < 1.29 is 4.52 Å². The van der Waals surface area contributed by atoms with E-state index >= 15 is 0 Å². The van der Waals surface area contributed by atoms with E-state index in [2.05, 4.69) is 14.7 Å². The van der Waals surface area contributed by atoms with Crippen molar-refractivity contribution in [2.45, 2.75) is 25.3 Å². The smallest absolute Gasteiger partial charge is 0.138 e. The lowest BCUT2D eigenvalue weighted by molar-refractivity contribution is 0.386. The minimum Gasteiger partial charge on any atom is -0.361 e. The van der Waals surface area contributed by atoms with Gasteiger partial charge in [-0.2, -0.15) is 0 Å². The summed E-state index contributed by atoms with van der Waals surface area (Å²) in [7, 11) is 0. The molecule has 0 radical (unpaired) electrons. The molecule has 0 saturated heterocycles. The monoisotopic (exact) mass is 218 g/mol. The highest BCUT2D eigenvalue weighted by molar-refractivity contribution is 5.53. The van der Waals surface area contributed by atoms with Crippen molar-refractivity contribution in [2.75, 3.05) is 6.54 Å². The van der Waals surface area contributed by atoms with Gasteiger partial charge in [0.1, 0.15) is 11.5 Å². The molecule has 2 aromatic heterocycles. The van der Waals surface area contributed by atoms with Crippen LogP contribution in [0.1, 0.15) is 24.6 Å². The molecule has 5 nitrogen and oxygen atoms in total. The van der Waals surface area contributed by atoms with Crippen molar-refractivity contribution >= 4 is 0 Å². The Morgan fingerprint density at radius 2 is 2.38 bits per heavy atom. The third kappa shape index (κ3) is 1.63. The van der Waals surface area contributed by atoms with E-state index in [1.54, 1.807) is 0 Å². The molecule has 0 unspecified atom stereocenters. The molecule has 0 spiro atoms. The third-order valence-corrected chi connectivity index (χ3v) is 2.82. The Morgan fingerprint density at radius 3 is 3.12 bits per heavy atom. The van der Waals surface area contributed by atoms with Gasteiger partial charge in [-0.15, -0.1) is 0 Å². The molecule has 1 aliphatic carbocycles. The first-order valence-electron chi connectivity index (χ1n) is 5.56. The fraction of sp³-hybridized carbons (Fsp3) is 0.455. The SMILES string of the molecule is NCCc1cc(-c2cncn2C2CC2)no1. The molecule has 2 aromatic rings. The van der Waals surface area contributed by atoms with Crippen LogP contribution in [0.4, 0.5) is 0 Å². The lowest BCUT2D eigenvalue weighted by Crippen LogP contribution is -2.01. The summed E-state index contributed by atoms with van der Waals surface area (Å²) >= 11 is 0. The number of aromatic nitrogens is 3. The molecular formula is C11H14N4O. The Morgan fingerprint density at radius 1 is 1.50 bits per heavy atom. The van der Waals surface area contributed by atoms with Gasteiger partial charge in [0.2, 0.25) is 0 Å². The molecule has 0 bridgehead atoms. The van der Waals surface area contributed by atoms with Crippen LogP contribution in [0, 0.1) is 0 Å². The molecule has 2 N–H and O–H groups in total. The van der Waals surface area contributed by atoms with Crippen LogP contribution < -0.4 is 5.73 Å². The maximum Gasteiger partial charge on any atom is 0.138 e. The van der Waals surface area contributed by atoms with Crippen molar-refractivity contribution in [3.05, 3.63) is 24.4 Å². The first kappa shape index (κ1) is 9.59. The van der Waals surface area contributed by atoms with Crippen molar-refractivity contribution in [2.24, 2.45) is 5.73 Å². The maximum atomic E-state index is 5.47. The molecule has 16 heavy (non-hydrogen) atoms. The molecule has 1 saturated carbocycles. The van der Waals surface area contributed by atoms with E-state index in [0.29, 0.717) is 12.6 Å². The van der Waals surface area contributed by atoms with Crippen LogP contribution in [0.25, 0.3) is 11.4 Å². The zero-order valence-electron chi connectivity index (χ0n) is 8.97. The van der Waals surface area contributed by atoms with Crippen LogP contribution in [0.5, 0.6) is 0 Å². The average molecular weight is 218 g/mol. The van der Waals surface area contributed by atoms with Crippen LogP contribution in [-0.4, -0.2) is 21.3 Å². The molecule has 1 aliphatic rings. The first-order chi connectivity index (χ1) is 7.88. The van der Waals surface area contributed by atoms with E-state index in [9.17, 15) is 0 Å². The predicted octanol–water partition coefficient (Wildman–Crippen LogP) is 1.37. The summed E-state index contributed by atoms with van der Waals surface area (Å²) in [6.45, 7) is 0.580. The minimum absolute atomic E-state index is 0.580. The third-order valence-electron chi connectivity index (χ3n) is 2.82. The Bertz CT molecular complexity index is 484. The van der Waals surface area contributed by atoms with E-state index in [-0.39, 0.29) is 0 Å². The highest BCUT2D eigenvalue weighted by Crippen LogP contribution is 2.37. The Balaban J connectivity index is 1.91. The van der Waals surface area contributed by atoms with Crippen molar-refractivity contribution in [3.63, 3.8) is 0 Å². The first-order valence-corrected chi connectivity index (χ1v) is 5.56. The van der Waals surface area contributed by atoms with Crippen molar-refractivity contribution in [1.29, 1.82) is 0 Å². The molecule has 0 amide bonds. The molecule has 1 fully saturated rings. The van der Waals surface area contributed by atoms with Gasteiger partial charge in [0.05, 0.1) is 18.2 Å². The van der Waals surface area contributed by atoms with Crippen LogP contribution in [0.3, 0.4) is 0 Å². The second-order valence-electron chi connectivity index (χ2n) is 4.13. The summed E-state index contributed by atoms with van der Waals surface area (Å²) in [5.41, 5.74) is 7.36. The summed E-state index contributed by atoms with van der Waals surface area (Å²) in [5.74, 6) is 0.834. The molecule has 5 heteroatoms. The van der Waals surface area contributed by atoms with Crippen LogP contribution in [0.15, 0.2) is 23.1 Å². The molecule has 0 aliphatic heterocycles. The van der Waals surface area contributed by atoms with Gasteiger partial charge in [-0.25, -0.2) is 4.98 Å². The zero-order valence-corrected chi connectivity index (χ0v) is 8.97. The van der Waals surface area contributed by atoms with Gasteiger partial charge < -0.3 is 14.8 Å². The van der Waals surface area contributed by atoms with E-state index in [1.807, 2.05) is 18.6 Å². The van der Waals surface area contributed by atoms with Gasteiger partial charge in [-0.1, -0.05) is 5.16 Å². The quantitative estimate of drug-likeness (QED) is 0.841. The normalized spacial score (nSPS) is 15.6. The van der Waals surface area contributed by atoms with Crippen LogP contribution in [-0.2, 0) is 6.42 Å². The van der Waals surface area contributed by atoms with Gasteiger partial charge in [0.15, 0.2) is 0 Å². The van der Waals surface area contributed by atoms with E-state index in [0.717, 1.165) is 23.6 Å². The van der Waals surface area contributed by atoms with Crippen molar-refractivity contribution in [3.8, 4) is 11.4 Å². The number of nitrogens with two attached hydrogens (primary N) is 1. The summed E-state index contributed by atoms with van der Waals surface area (Å²) in [6.07, 6.45) is 6.89. The lowest BCUT2D eigenvalue weighted by atomic mass is 10.2. The maximum absolute atomic E-state index is 5.47. The average Bonchev–Trinajstić information content (AvgIpc) is 2.84. The molecule has 0 atom stereocenters. The molecule has 84 valence electrons. The second kappa shape index (κ2) is 3.75. The topological polar surface area (TPSA) is 69.9 Å². The fourth-order valence-electron chi connectivity index (χ4n) is 1.84. The fourth-order valence-corrected chi connectivity index (χ4v) is 1.84. The summed E-state index contributed by atoms with van der Waals surface area (Å²) in [5, 5.41) is 4.06. The summed E-state index contributed by atoms with van der Waals surface area (Å²) in [4.78, 5) is 4.17. The number of hydrogen-bond acceptors (Lipinski definition) is 4. The highest BCUT2D eigenvalue weighted by Gasteiger charge is 2.26. The molecular weight excluding hydrogens is 204 g/mol. The largest absolute Gasteiger partial charge is 0.361 e. The lowest BCUT2D eigenvalue weighted by Gasteiger charge is -2.01. The Kier molecular flexibility index (Phi) is 2.25. The van der Waals surface area contributed by atoms with Crippen LogP contribution in [0.2, 0.25) is 0 Å². The number of rotatable bonds is 4. The van der Waals surface area contributed by atoms with E-state index < -0.39 is 0 Å². The summed E-state index contributed by atoms with van der Waals surface area (Å²) in [6, 6.07) is 2.55. The van der Waals surface area contributed by atoms with Gasteiger partial charge in [-0.3, -0.25) is 0 Å². The Labute approximate surface area is 93.3 Å². The Hall–Kier alpha value is -1.62. The van der Waals surface area contributed by atoms with Gasteiger partial charge in [-0.05, 0) is 19.4 Å². The highest BCUT2D eigenvalue weighted by atomic mass is 16.5. The van der Waals surface area contributed by atoms with Crippen molar-refractivity contribution in [1.82, 2.24) is 14.7 Å². The zero-order chi connectivity index (χ0) is 11.0. The number of nitrogens with zero attached hydrogens (tertiary/aromatic N) is 3. The molecule has 2 heterocycles. The van der Waals surface area contributed by atoms with Gasteiger partial charge in [0, 0.05) is 18.5 Å². The summed E-state index contributed by atoms with van der Waals surface area (Å²) < 4.78 is 7.38. The predicted molar refractivity (Wildman–Crippen MR) is 58.8 cm³/mol. The number of hydrogen-bond donors (Lipinski definition) is 1. The van der Waals surface area contributed by atoms with E-state index in [1.165, 1.54) is 12.8 Å². The molecule has 0 aromatic carbocycles. The van der Waals surface area contributed by atoms with Gasteiger partial charge >= 0.3 is 0 Å². The van der Waals surface area contributed by atoms with Gasteiger partial charge in [0.25, 0.3) is 0 Å². The molecule has 3 rings (SSSR count). The standard InChI is InChI=1S/C11H14N4O/c12-4-3-9-5-10(14-16-9)11-6-13-7-15(11)8-1-2-8/h5-8H,1-4,12H2. The van der Waals surface area contributed by atoms with E-state index in [4.69, 9.17) is 10.3 Å². The second-order valence-corrected chi connectivity index (χ2v) is 4.13.